The van der Waals surface area contributed by atoms with Gasteiger partial charge in [0.05, 0.1) is 5.69 Å². The number of aryl methyl sites for hydroxylation is 2. The quantitative estimate of drug-likeness (QED) is 0.822. The second-order valence-corrected chi connectivity index (χ2v) is 7.39. The highest BCUT2D eigenvalue weighted by Gasteiger charge is 2.19. The molecule has 1 aromatic heterocycles. The third-order valence-electron chi connectivity index (χ3n) is 3.80. The lowest BCUT2D eigenvalue weighted by molar-refractivity contribution is 0.276. The highest BCUT2D eigenvalue weighted by atomic mass is 15.3. The first-order valence-corrected chi connectivity index (χ1v) is 7.95. The molecule has 0 aliphatic heterocycles. The Hall–Kier alpha value is -0.830. The first-order chi connectivity index (χ1) is 9.25. The van der Waals surface area contributed by atoms with Gasteiger partial charge in [0.15, 0.2) is 0 Å². The highest BCUT2D eigenvalue weighted by Crippen LogP contribution is 2.27. The summed E-state index contributed by atoms with van der Waals surface area (Å²) < 4.78 is 2.13. The summed E-state index contributed by atoms with van der Waals surface area (Å²) in [7, 11) is 2.08. The Labute approximate surface area is 125 Å². The molecule has 0 saturated carbocycles. The van der Waals surface area contributed by atoms with Crippen LogP contribution in [0.5, 0.6) is 0 Å². The molecule has 0 spiro atoms. The fraction of sp³-hybridized carbons (Fsp3) is 0.824. The number of aromatic nitrogens is 2. The van der Waals surface area contributed by atoms with Crippen molar-refractivity contribution in [1.82, 2.24) is 15.1 Å². The van der Waals surface area contributed by atoms with Gasteiger partial charge in [0.1, 0.15) is 0 Å². The predicted octanol–water partition coefficient (Wildman–Crippen LogP) is 3.80. The van der Waals surface area contributed by atoms with Crippen LogP contribution in [0, 0.1) is 18.3 Å². The predicted molar refractivity (Wildman–Crippen MR) is 87.0 cm³/mol. The van der Waals surface area contributed by atoms with Gasteiger partial charge in [0.25, 0.3) is 0 Å². The third-order valence-corrected chi connectivity index (χ3v) is 3.80. The Morgan fingerprint density at radius 1 is 1.35 bits per heavy atom. The van der Waals surface area contributed by atoms with Crippen LogP contribution in [-0.4, -0.2) is 22.9 Å². The van der Waals surface area contributed by atoms with Crippen molar-refractivity contribution in [2.75, 3.05) is 7.05 Å². The van der Waals surface area contributed by atoms with E-state index >= 15 is 0 Å². The zero-order chi connectivity index (χ0) is 15.3. The van der Waals surface area contributed by atoms with Crippen LogP contribution in [0.2, 0.25) is 0 Å². The van der Waals surface area contributed by atoms with Gasteiger partial charge in [-0.05, 0) is 51.1 Å². The van der Waals surface area contributed by atoms with E-state index in [2.05, 4.69) is 69.8 Å². The topological polar surface area (TPSA) is 29.9 Å². The van der Waals surface area contributed by atoms with Crippen molar-refractivity contribution in [3.05, 3.63) is 17.5 Å². The zero-order valence-electron chi connectivity index (χ0n) is 14.5. The minimum atomic E-state index is 0.416. The van der Waals surface area contributed by atoms with E-state index in [4.69, 9.17) is 0 Å². The molecular formula is C17H33N3. The summed E-state index contributed by atoms with van der Waals surface area (Å²) >= 11 is 0. The van der Waals surface area contributed by atoms with Gasteiger partial charge in [-0.15, -0.1) is 0 Å². The van der Waals surface area contributed by atoms with Gasteiger partial charge in [0, 0.05) is 24.7 Å². The molecule has 0 fully saturated rings. The Balaban J connectivity index is 2.62. The van der Waals surface area contributed by atoms with Crippen LogP contribution in [0.3, 0.4) is 0 Å². The summed E-state index contributed by atoms with van der Waals surface area (Å²) in [6.07, 6.45) is 3.57. The average Bonchev–Trinajstić information content (AvgIpc) is 2.66. The molecule has 20 heavy (non-hydrogen) atoms. The maximum atomic E-state index is 4.54. The van der Waals surface area contributed by atoms with Crippen LogP contribution in [0.25, 0.3) is 0 Å². The van der Waals surface area contributed by atoms with Crippen molar-refractivity contribution in [3.8, 4) is 0 Å². The number of nitrogens with one attached hydrogen (secondary N) is 1. The average molecular weight is 279 g/mol. The van der Waals surface area contributed by atoms with Crippen LogP contribution in [0.15, 0.2) is 6.07 Å². The van der Waals surface area contributed by atoms with Crippen LogP contribution in [0.1, 0.15) is 58.8 Å². The molecule has 0 amide bonds. The Bertz CT molecular complexity index is 401. The standard InChI is InChI=1S/C17H33N3/c1-8-20-16(10-14(3)19-20)11-15(18-7)9-13(2)12-17(4,5)6/h10,13,15,18H,8-9,11-12H2,1-7H3. The van der Waals surface area contributed by atoms with Crippen molar-refractivity contribution in [1.29, 1.82) is 0 Å². The summed E-state index contributed by atoms with van der Waals surface area (Å²) in [5.41, 5.74) is 2.89. The zero-order valence-corrected chi connectivity index (χ0v) is 14.5. The number of rotatable bonds is 7. The molecule has 1 heterocycles. The molecule has 0 radical (unpaired) electrons. The van der Waals surface area contributed by atoms with Gasteiger partial charge in [0.2, 0.25) is 0 Å². The fourth-order valence-corrected chi connectivity index (χ4v) is 3.21. The summed E-state index contributed by atoms with van der Waals surface area (Å²) in [6.45, 7) is 14.5. The maximum absolute atomic E-state index is 4.54. The molecular weight excluding hydrogens is 246 g/mol. The number of hydrogen-bond acceptors (Lipinski definition) is 2. The van der Waals surface area contributed by atoms with Gasteiger partial charge in [-0.2, -0.15) is 5.10 Å². The van der Waals surface area contributed by atoms with E-state index in [1.165, 1.54) is 18.5 Å². The number of likely N-dealkylation sites (N-methyl/N-ethyl adjacent to an activating group) is 1. The lowest BCUT2D eigenvalue weighted by atomic mass is 9.82. The Kier molecular flexibility index (Phi) is 6.25. The van der Waals surface area contributed by atoms with Crippen molar-refractivity contribution in [3.63, 3.8) is 0 Å². The minimum Gasteiger partial charge on any atom is -0.317 e. The van der Waals surface area contributed by atoms with E-state index < -0.39 is 0 Å². The second kappa shape index (κ2) is 7.26. The highest BCUT2D eigenvalue weighted by molar-refractivity contribution is 5.10. The summed E-state index contributed by atoms with van der Waals surface area (Å²) in [4.78, 5) is 0. The SMILES string of the molecule is CCn1nc(C)cc1CC(CC(C)CC(C)(C)C)NC. The minimum absolute atomic E-state index is 0.416. The van der Waals surface area contributed by atoms with E-state index in [1.54, 1.807) is 0 Å². The molecule has 1 rings (SSSR count). The summed E-state index contributed by atoms with van der Waals surface area (Å²) in [5.74, 6) is 0.742. The van der Waals surface area contributed by atoms with Crippen molar-refractivity contribution in [2.24, 2.45) is 11.3 Å². The van der Waals surface area contributed by atoms with E-state index in [1.807, 2.05) is 0 Å². The molecule has 0 bridgehead atoms. The number of hydrogen-bond donors (Lipinski definition) is 1. The first-order valence-electron chi connectivity index (χ1n) is 7.95. The van der Waals surface area contributed by atoms with Gasteiger partial charge in [-0.3, -0.25) is 4.68 Å². The molecule has 0 aliphatic rings. The first kappa shape index (κ1) is 17.2. The van der Waals surface area contributed by atoms with Crippen molar-refractivity contribution >= 4 is 0 Å². The monoisotopic (exact) mass is 279 g/mol. The van der Waals surface area contributed by atoms with Gasteiger partial charge < -0.3 is 5.32 Å². The second-order valence-electron chi connectivity index (χ2n) is 7.39. The summed E-state index contributed by atoms with van der Waals surface area (Å²) in [5, 5.41) is 8.03. The van der Waals surface area contributed by atoms with Gasteiger partial charge in [-0.1, -0.05) is 27.7 Å². The smallest absolute Gasteiger partial charge is 0.0596 e. The normalized spacial score (nSPS) is 15.3. The molecule has 3 heteroatoms. The van der Waals surface area contributed by atoms with E-state index in [0.29, 0.717) is 11.5 Å². The van der Waals surface area contributed by atoms with E-state index in [-0.39, 0.29) is 0 Å². The molecule has 2 unspecified atom stereocenters. The fourth-order valence-electron chi connectivity index (χ4n) is 3.21. The lowest BCUT2D eigenvalue weighted by Gasteiger charge is -2.26. The molecule has 2 atom stereocenters. The molecule has 0 aliphatic carbocycles. The number of nitrogens with zero attached hydrogens (tertiary/aromatic N) is 2. The van der Waals surface area contributed by atoms with Crippen LogP contribution < -0.4 is 5.32 Å². The molecule has 0 saturated heterocycles. The summed E-state index contributed by atoms with van der Waals surface area (Å²) in [6, 6.07) is 2.76. The molecule has 0 aromatic carbocycles. The Morgan fingerprint density at radius 2 is 2.00 bits per heavy atom. The molecule has 116 valence electrons. The Morgan fingerprint density at radius 3 is 2.50 bits per heavy atom. The molecule has 1 N–H and O–H groups in total. The van der Waals surface area contributed by atoms with Crippen LogP contribution in [-0.2, 0) is 13.0 Å². The largest absolute Gasteiger partial charge is 0.317 e. The van der Waals surface area contributed by atoms with Crippen molar-refractivity contribution in [2.45, 2.75) is 73.4 Å². The van der Waals surface area contributed by atoms with Crippen LogP contribution in [0.4, 0.5) is 0 Å². The van der Waals surface area contributed by atoms with Crippen molar-refractivity contribution < 1.29 is 0 Å². The molecule has 3 nitrogen and oxygen atoms in total. The maximum Gasteiger partial charge on any atom is 0.0596 e. The molecule has 1 aromatic rings. The van der Waals surface area contributed by atoms with Gasteiger partial charge >= 0.3 is 0 Å². The third kappa shape index (κ3) is 5.66. The van der Waals surface area contributed by atoms with Crippen LogP contribution >= 0.6 is 0 Å². The van der Waals surface area contributed by atoms with Gasteiger partial charge in [-0.25, -0.2) is 0 Å². The van der Waals surface area contributed by atoms with E-state index in [0.717, 1.165) is 24.6 Å². The lowest BCUT2D eigenvalue weighted by Crippen LogP contribution is -2.31. The van der Waals surface area contributed by atoms with E-state index in [9.17, 15) is 0 Å².